The molecule has 2 aromatic carbocycles. The molecule has 1 heterocycles. The van der Waals surface area contributed by atoms with E-state index in [-0.39, 0.29) is 5.91 Å². The van der Waals surface area contributed by atoms with Gasteiger partial charge in [-0.25, -0.2) is 0 Å². The number of halogens is 1. The first-order valence-corrected chi connectivity index (χ1v) is 8.77. The van der Waals surface area contributed by atoms with Crippen LogP contribution < -0.4 is 9.54 Å². The molecule has 0 aliphatic heterocycles. The van der Waals surface area contributed by atoms with E-state index in [4.69, 9.17) is 4.74 Å². The van der Waals surface area contributed by atoms with Crippen LogP contribution in [0.2, 0.25) is 0 Å². The molecule has 3 aromatic rings. The van der Waals surface area contributed by atoms with Gasteiger partial charge in [-0.05, 0) is 47.1 Å². The number of fused-ring (bicyclic) bond motifs is 1. The number of hydrogen-bond donors (Lipinski definition) is 0. The van der Waals surface area contributed by atoms with Gasteiger partial charge in [-0.2, -0.15) is 4.99 Å². The van der Waals surface area contributed by atoms with E-state index < -0.39 is 0 Å². The minimum atomic E-state index is -0.266. The minimum Gasteiger partial charge on any atom is -0.492 e. The molecule has 0 saturated carbocycles. The summed E-state index contributed by atoms with van der Waals surface area (Å²) in [5.41, 5.74) is 1.51. The first-order valence-electron chi connectivity index (χ1n) is 7.16. The zero-order valence-electron chi connectivity index (χ0n) is 12.7. The largest absolute Gasteiger partial charge is 0.492 e. The third-order valence-corrected chi connectivity index (χ3v) is 5.18. The highest BCUT2D eigenvalue weighted by Gasteiger charge is 2.12. The number of rotatable bonds is 3. The molecule has 1 aromatic heterocycles. The van der Waals surface area contributed by atoms with Gasteiger partial charge in [0.25, 0.3) is 5.91 Å². The van der Waals surface area contributed by atoms with Crippen molar-refractivity contribution in [3.8, 4) is 5.75 Å². The van der Waals surface area contributed by atoms with E-state index in [0.29, 0.717) is 17.0 Å². The van der Waals surface area contributed by atoms with Crippen LogP contribution in [0.3, 0.4) is 0 Å². The van der Waals surface area contributed by atoms with Gasteiger partial charge in [0, 0.05) is 11.5 Å². The van der Waals surface area contributed by atoms with Gasteiger partial charge in [0.15, 0.2) is 4.80 Å². The van der Waals surface area contributed by atoms with Crippen molar-refractivity contribution in [2.75, 3.05) is 6.61 Å². The zero-order valence-corrected chi connectivity index (χ0v) is 15.1. The lowest BCUT2D eigenvalue weighted by molar-refractivity contribution is 0.0997. The van der Waals surface area contributed by atoms with Gasteiger partial charge in [0.1, 0.15) is 11.3 Å². The van der Waals surface area contributed by atoms with Gasteiger partial charge < -0.3 is 9.30 Å². The molecule has 4 nitrogen and oxygen atoms in total. The molecular weight excluding hydrogens is 376 g/mol. The van der Waals surface area contributed by atoms with Crippen molar-refractivity contribution < 1.29 is 9.53 Å². The average molecular weight is 391 g/mol. The van der Waals surface area contributed by atoms with Gasteiger partial charge in [-0.15, -0.1) is 0 Å². The maximum atomic E-state index is 12.4. The predicted octanol–water partition coefficient (Wildman–Crippen LogP) is 4.14. The number of carbonyl (C=O) groups excluding carboxylic acids is 1. The Labute approximate surface area is 146 Å². The standard InChI is InChI=1S/C17H15BrN2O2S/c1-3-22-13-9-6-10-14-15(13)20(2)17(23-14)19-16(21)11-7-4-5-8-12(11)18/h4-10H,3H2,1-2H3. The summed E-state index contributed by atoms with van der Waals surface area (Å²) >= 11 is 4.86. The smallest absolute Gasteiger partial charge is 0.280 e. The van der Waals surface area contributed by atoms with Crippen LogP contribution in [0.15, 0.2) is 51.9 Å². The van der Waals surface area contributed by atoms with Gasteiger partial charge in [-0.3, -0.25) is 4.79 Å². The Morgan fingerprint density at radius 3 is 2.78 bits per heavy atom. The summed E-state index contributed by atoms with van der Waals surface area (Å²) < 4.78 is 9.36. The summed E-state index contributed by atoms with van der Waals surface area (Å²) in [5, 5.41) is 0. The number of amides is 1. The fraction of sp³-hybridized carbons (Fsp3) is 0.176. The molecular formula is C17H15BrN2O2S. The van der Waals surface area contributed by atoms with Crippen LogP contribution >= 0.6 is 27.3 Å². The summed E-state index contributed by atoms with van der Waals surface area (Å²) in [7, 11) is 1.90. The number of aromatic nitrogens is 1. The molecule has 1 amide bonds. The van der Waals surface area contributed by atoms with E-state index in [1.807, 2.05) is 54.9 Å². The number of carbonyl (C=O) groups is 1. The van der Waals surface area contributed by atoms with Crippen LogP contribution in [0.1, 0.15) is 17.3 Å². The van der Waals surface area contributed by atoms with Crippen molar-refractivity contribution in [1.82, 2.24) is 4.57 Å². The molecule has 118 valence electrons. The fourth-order valence-corrected chi connectivity index (χ4v) is 3.82. The van der Waals surface area contributed by atoms with Crippen LogP contribution in [0, 0.1) is 0 Å². The maximum Gasteiger partial charge on any atom is 0.280 e. The number of benzene rings is 2. The van der Waals surface area contributed by atoms with E-state index in [9.17, 15) is 4.79 Å². The molecule has 0 aliphatic rings. The summed E-state index contributed by atoms with van der Waals surface area (Å²) in [6, 6.07) is 13.2. The van der Waals surface area contributed by atoms with Gasteiger partial charge in [0.2, 0.25) is 0 Å². The molecule has 0 N–H and O–H groups in total. The Morgan fingerprint density at radius 2 is 2.04 bits per heavy atom. The number of ether oxygens (including phenoxy) is 1. The first kappa shape index (κ1) is 16.0. The van der Waals surface area contributed by atoms with Gasteiger partial charge >= 0.3 is 0 Å². The zero-order chi connectivity index (χ0) is 16.4. The van der Waals surface area contributed by atoms with Crippen molar-refractivity contribution in [2.24, 2.45) is 12.0 Å². The molecule has 6 heteroatoms. The van der Waals surface area contributed by atoms with E-state index in [1.165, 1.54) is 11.3 Å². The van der Waals surface area contributed by atoms with Crippen molar-refractivity contribution >= 4 is 43.4 Å². The van der Waals surface area contributed by atoms with Crippen molar-refractivity contribution in [2.45, 2.75) is 6.92 Å². The number of nitrogens with zero attached hydrogens (tertiary/aromatic N) is 2. The van der Waals surface area contributed by atoms with Crippen LogP contribution in [0.25, 0.3) is 10.2 Å². The lowest BCUT2D eigenvalue weighted by Gasteiger charge is -2.05. The Kier molecular flexibility index (Phi) is 4.63. The molecule has 0 aliphatic carbocycles. The van der Waals surface area contributed by atoms with Crippen LogP contribution in [-0.2, 0) is 7.05 Å². The lowest BCUT2D eigenvalue weighted by atomic mass is 10.2. The second kappa shape index (κ2) is 6.68. The van der Waals surface area contributed by atoms with Crippen LogP contribution in [-0.4, -0.2) is 17.1 Å². The number of thiazole rings is 1. The quantitative estimate of drug-likeness (QED) is 0.674. The van der Waals surface area contributed by atoms with E-state index >= 15 is 0 Å². The first-order chi connectivity index (χ1) is 11.1. The highest BCUT2D eigenvalue weighted by Crippen LogP contribution is 2.27. The van der Waals surface area contributed by atoms with Crippen LogP contribution in [0.5, 0.6) is 5.75 Å². The van der Waals surface area contributed by atoms with Crippen molar-refractivity contribution in [1.29, 1.82) is 0 Å². The van der Waals surface area contributed by atoms with Gasteiger partial charge in [-0.1, -0.05) is 29.5 Å². The topological polar surface area (TPSA) is 43.6 Å². The number of hydrogen-bond acceptors (Lipinski definition) is 3. The Hall–Kier alpha value is -1.92. The predicted molar refractivity (Wildman–Crippen MR) is 96.0 cm³/mol. The average Bonchev–Trinajstić information content (AvgIpc) is 2.85. The molecule has 0 bridgehead atoms. The second-order valence-corrected chi connectivity index (χ2v) is 6.74. The summed E-state index contributed by atoms with van der Waals surface area (Å²) in [4.78, 5) is 17.4. The highest BCUT2D eigenvalue weighted by molar-refractivity contribution is 9.10. The second-order valence-electron chi connectivity index (χ2n) is 4.88. The Morgan fingerprint density at radius 1 is 1.26 bits per heavy atom. The molecule has 0 radical (unpaired) electrons. The lowest BCUT2D eigenvalue weighted by Crippen LogP contribution is -2.14. The van der Waals surface area contributed by atoms with Crippen molar-refractivity contribution in [3.63, 3.8) is 0 Å². The molecule has 0 fully saturated rings. The third kappa shape index (κ3) is 3.09. The maximum absolute atomic E-state index is 12.4. The third-order valence-electron chi connectivity index (χ3n) is 3.39. The monoisotopic (exact) mass is 390 g/mol. The normalized spacial score (nSPS) is 11.9. The molecule has 0 spiro atoms. The Bertz CT molecular complexity index is 943. The SMILES string of the molecule is CCOc1cccc2sc(=NC(=O)c3ccccc3Br)n(C)c12. The van der Waals surface area contributed by atoms with E-state index in [0.717, 1.165) is 20.4 Å². The van der Waals surface area contributed by atoms with E-state index in [1.54, 1.807) is 6.07 Å². The molecule has 23 heavy (non-hydrogen) atoms. The van der Waals surface area contributed by atoms with E-state index in [2.05, 4.69) is 20.9 Å². The molecule has 0 atom stereocenters. The summed E-state index contributed by atoms with van der Waals surface area (Å²) in [6.07, 6.45) is 0. The van der Waals surface area contributed by atoms with Crippen molar-refractivity contribution in [3.05, 3.63) is 57.3 Å². The number of aryl methyl sites for hydroxylation is 1. The fourth-order valence-electron chi connectivity index (χ4n) is 2.33. The minimum absolute atomic E-state index is 0.266. The van der Waals surface area contributed by atoms with Crippen LogP contribution in [0.4, 0.5) is 0 Å². The Balaban J connectivity index is 2.13. The molecule has 0 unspecified atom stereocenters. The molecule has 3 rings (SSSR count). The van der Waals surface area contributed by atoms with Gasteiger partial charge in [0.05, 0.1) is 16.9 Å². The highest BCUT2D eigenvalue weighted by atomic mass is 79.9. The summed E-state index contributed by atoms with van der Waals surface area (Å²) in [5.74, 6) is 0.538. The molecule has 0 saturated heterocycles. The number of para-hydroxylation sites is 1. The summed E-state index contributed by atoms with van der Waals surface area (Å²) in [6.45, 7) is 2.55.